The van der Waals surface area contributed by atoms with Crippen molar-refractivity contribution in [1.29, 1.82) is 0 Å². The van der Waals surface area contributed by atoms with Crippen LogP contribution < -0.4 is 0 Å². The van der Waals surface area contributed by atoms with Crippen molar-refractivity contribution < 1.29 is 0 Å². The van der Waals surface area contributed by atoms with Gasteiger partial charge in [0.1, 0.15) is 0 Å². The van der Waals surface area contributed by atoms with Gasteiger partial charge in [-0.3, -0.25) is 0 Å². The third-order valence-electron chi connectivity index (χ3n) is 2.10. The summed E-state index contributed by atoms with van der Waals surface area (Å²) >= 11 is 7.49. The highest BCUT2D eigenvalue weighted by Gasteiger charge is 2.01. The third-order valence-corrected chi connectivity index (χ3v) is 3.30. The van der Waals surface area contributed by atoms with Crippen LogP contribution in [0.4, 0.5) is 0 Å². The van der Waals surface area contributed by atoms with E-state index in [1.54, 1.807) is 0 Å². The van der Waals surface area contributed by atoms with Crippen molar-refractivity contribution in [3.05, 3.63) is 24.4 Å². The van der Waals surface area contributed by atoms with Crippen molar-refractivity contribution >= 4 is 23.4 Å². The molecule has 0 saturated heterocycles. The Balaban J connectivity index is 2.16. The van der Waals surface area contributed by atoms with Gasteiger partial charge in [-0.05, 0) is 36.6 Å². The number of halogens is 1. The van der Waals surface area contributed by atoms with Gasteiger partial charge < -0.3 is 0 Å². The van der Waals surface area contributed by atoms with Crippen molar-refractivity contribution in [2.24, 2.45) is 5.92 Å². The maximum absolute atomic E-state index is 5.67. The SMILES string of the molecule is CC(CCCl)CCSc1ccccn1. The van der Waals surface area contributed by atoms with Crippen LogP contribution in [-0.2, 0) is 0 Å². The molecule has 1 rings (SSSR count). The van der Waals surface area contributed by atoms with E-state index >= 15 is 0 Å². The molecule has 1 aromatic heterocycles. The minimum atomic E-state index is 0.726. The van der Waals surface area contributed by atoms with Gasteiger partial charge in [-0.2, -0.15) is 0 Å². The summed E-state index contributed by atoms with van der Waals surface area (Å²) in [6, 6.07) is 6.02. The third kappa shape index (κ3) is 4.87. The molecule has 0 aliphatic heterocycles. The quantitative estimate of drug-likeness (QED) is 0.543. The molecule has 0 aliphatic rings. The molecule has 0 radical (unpaired) electrons. The fourth-order valence-corrected chi connectivity index (χ4v) is 2.54. The minimum Gasteiger partial charge on any atom is -0.250 e. The fourth-order valence-electron chi connectivity index (χ4n) is 1.13. The molecule has 14 heavy (non-hydrogen) atoms. The summed E-state index contributed by atoms with van der Waals surface area (Å²) in [4.78, 5) is 4.26. The molecule has 78 valence electrons. The topological polar surface area (TPSA) is 12.9 Å². The number of aromatic nitrogens is 1. The van der Waals surface area contributed by atoms with Crippen LogP contribution in [-0.4, -0.2) is 16.6 Å². The standard InChI is InChI=1S/C11H16ClNS/c1-10(5-7-12)6-9-14-11-4-2-3-8-13-11/h2-4,8,10H,5-7,9H2,1H3. The first-order valence-electron chi connectivity index (χ1n) is 4.92. The van der Waals surface area contributed by atoms with E-state index in [4.69, 9.17) is 11.6 Å². The number of nitrogens with zero attached hydrogens (tertiary/aromatic N) is 1. The molecule has 0 saturated carbocycles. The number of hydrogen-bond acceptors (Lipinski definition) is 2. The van der Waals surface area contributed by atoms with Gasteiger partial charge in [-0.25, -0.2) is 4.98 Å². The molecule has 0 spiro atoms. The van der Waals surface area contributed by atoms with Crippen molar-refractivity contribution in [2.45, 2.75) is 24.8 Å². The predicted octanol–water partition coefficient (Wildman–Crippen LogP) is 3.83. The van der Waals surface area contributed by atoms with Gasteiger partial charge in [0, 0.05) is 12.1 Å². The van der Waals surface area contributed by atoms with E-state index in [0.717, 1.165) is 29.0 Å². The average Bonchev–Trinajstić information content (AvgIpc) is 2.20. The van der Waals surface area contributed by atoms with E-state index in [1.807, 2.05) is 30.1 Å². The van der Waals surface area contributed by atoms with Crippen LogP contribution in [0.1, 0.15) is 19.8 Å². The second-order valence-corrected chi connectivity index (χ2v) is 4.88. The normalized spacial score (nSPS) is 12.7. The zero-order chi connectivity index (χ0) is 10.2. The molecule has 1 atom stereocenters. The Kier molecular flexibility index (Phi) is 6.04. The average molecular weight is 230 g/mol. The van der Waals surface area contributed by atoms with E-state index in [0.29, 0.717) is 0 Å². The van der Waals surface area contributed by atoms with Crippen LogP contribution in [0.2, 0.25) is 0 Å². The Hall–Kier alpha value is -0.210. The first-order chi connectivity index (χ1) is 6.83. The maximum atomic E-state index is 5.67. The first-order valence-corrected chi connectivity index (χ1v) is 6.44. The lowest BCUT2D eigenvalue weighted by atomic mass is 10.1. The highest BCUT2D eigenvalue weighted by Crippen LogP contribution is 2.19. The lowest BCUT2D eigenvalue weighted by Crippen LogP contribution is -1.97. The highest BCUT2D eigenvalue weighted by molar-refractivity contribution is 7.99. The Labute approximate surface area is 95.3 Å². The summed E-state index contributed by atoms with van der Waals surface area (Å²) in [6.45, 7) is 2.25. The van der Waals surface area contributed by atoms with Crippen molar-refractivity contribution in [3.63, 3.8) is 0 Å². The van der Waals surface area contributed by atoms with E-state index in [1.165, 1.54) is 6.42 Å². The molecule has 0 aliphatic carbocycles. The Morgan fingerprint density at radius 1 is 1.43 bits per heavy atom. The van der Waals surface area contributed by atoms with Gasteiger partial charge in [0.25, 0.3) is 0 Å². The molecule has 0 aromatic carbocycles. The summed E-state index contributed by atoms with van der Waals surface area (Å²) < 4.78 is 0. The smallest absolute Gasteiger partial charge is 0.0959 e. The molecule has 1 aromatic rings. The van der Waals surface area contributed by atoms with Crippen molar-refractivity contribution in [2.75, 3.05) is 11.6 Å². The van der Waals surface area contributed by atoms with E-state index in [-0.39, 0.29) is 0 Å². The summed E-state index contributed by atoms with van der Waals surface area (Å²) in [6.07, 6.45) is 4.17. The lowest BCUT2D eigenvalue weighted by Gasteiger charge is -2.07. The second-order valence-electron chi connectivity index (χ2n) is 3.39. The fraction of sp³-hybridized carbons (Fsp3) is 0.545. The van der Waals surface area contributed by atoms with E-state index in [9.17, 15) is 0 Å². The monoisotopic (exact) mass is 229 g/mol. The highest BCUT2D eigenvalue weighted by atomic mass is 35.5. The predicted molar refractivity (Wildman–Crippen MR) is 64.1 cm³/mol. The van der Waals surface area contributed by atoms with Crippen LogP contribution >= 0.6 is 23.4 Å². The van der Waals surface area contributed by atoms with Crippen molar-refractivity contribution in [3.8, 4) is 0 Å². The van der Waals surface area contributed by atoms with Gasteiger partial charge in [0.15, 0.2) is 0 Å². The molecule has 0 bridgehead atoms. The molecule has 0 N–H and O–H groups in total. The molecule has 1 heterocycles. The van der Waals surface area contributed by atoms with Crippen LogP contribution in [0.3, 0.4) is 0 Å². The molecule has 0 amide bonds. The van der Waals surface area contributed by atoms with Gasteiger partial charge in [0.05, 0.1) is 5.03 Å². The number of alkyl halides is 1. The molecule has 1 unspecified atom stereocenters. The largest absolute Gasteiger partial charge is 0.250 e. The van der Waals surface area contributed by atoms with Gasteiger partial charge in [0.2, 0.25) is 0 Å². The summed E-state index contributed by atoms with van der Waals surface area (Å²) in [7, 11) is 0. The maximum Gasteiger partial charge on any atom is 0.0959 e. The Bertz CT molecular complexity index is 240. The number of thioether (sulfide) groups is 1. The van der Waals surface area contributed by atoms with E-state index < -0.39 is 0 Å². The Morgan fingerprint density at radius 3 is 2.93 bits per heavy atom. The minimum absolute atomic E-state index is 0.726. The second kappa shape index (κ2) is 7.13. The zero-order valence-corrected chi connectivity index (χ0v) is 10.0. The summed E-state index contributed by atoms with van der Waals surface area (Å²) in [5.41, 5.74) is 0. The molecule has 3 heteroatoms. The zero-order valence-electron chi connectivity index (χ0n) is 8.45. The molecule has 0 fully saturated rings. The summed E-state index contributed by atoms with van der Waals surface area (Å²) in [5, 5.41) is 1.12. The van der Waals surface area contributed by atoms with Gasteiger partial charge in [-0.15, -0.1) is 23.4 Å². The van der Waals surface area contributed by atoms with Crippen LogP contribution in [0.5, 0.6) is 0 Å². The van der Waals surface area contributed by atoms with Crippen LogP contribution in [0, 0.1) is 5.92 Å². The lowest BCUT2D eigenvalue weighted by molar-refractivity contribution is 0.552. The van der Waals surface area contributed by atoms with Crippen LogP contribution in [0.15, 0.2) is 29.4 Å². The van der Waals surface area contributed by atoms with Crippen molar-refractivity contribution in [1.82, 2.24) is 4.98 Å². The first kappa shape index (κ1) is 11.9. The summed E-state index contributed by atoms with van der Waals surface area (Å²) in [5.74, 6) is 2.63. The van der Waals surface area contributed by atoms with Crippen LogP contribution in [0.25, 0.3) is 0 Å². The van der Waals surface area contributed by atoms with Gasteiger partial charge >= 0.3 is 0 Å². The molecular formula is C11H16ClNS. The van der Waals surface area contributed by atoms with E-state index in [2.05, 4.69) is 18.0 Å². The number of pyridine rings is 1. The van der Waals surface area contributed by atoms with Gasteiger partial charge in [-0.1, -0.05) is 13.0 Å². The molecule has 1 nitrogen and oxygen atoms in total. The number of hydrogen-bond donors (Lipinski definition) is 0. The number of rotatable bonds is 6. The Morgan fingerprint density at radius 2 is 2.29 bits per heavy atom. The molecular weight excluding hydrogens is 214 g/mol.